The number of fused-ring (bicyclic) bond motifs is 1. The maximum atomic E-state index is 14.3. The van der Waals surface area contributed by atoms with E-state index in [9.17, 15) is 24.6 Å². The van der Waals surface area contributed by atoms with Crippen molar-refractivity contribution in [3.8, 4) is 11.5 Å². The Kier molecular flexibility index (Phi) is 9.64. The number of amides is 2. The standard InChI is InChI=1S/C32H35ClN2O8/c1-18-20(31(39)40)8-6-10-23(18)34-27(37)17-26-30(38)35(32(2,3)14-15-36)24-13-12-19(33)16-22(24)28(43-26)21-9-7-11-25(41-4)29(21)42-5/h6-13,16,26,28,36H,14-15,17H2,1-5H3,(H,34,37)(H,39,40)/t26-,28-/m1/s1. The minimum atomic E-state index is -1.28. The zero-order valence-electron chi connectivity index (χ0n) is 24.6. The van der Waals surface area contributed by atoms with Gasteiger partial charge >= 0.3 is 5.97 Å². The van der Waals surface area contributed by atoms with Gasteiger partial charge in [-0.15, -0.1) is 0 Å². The van der Waals surface area contributed by atoms with Gasteiger partial charge in [0.2, 0.25) is 5.91 Å². The summed E-state index contributed by atoms with van der Waals surface area (Å²) in [6, 6.07) is 15.0. The number of carboxylic acids is 1. The summed E-state index contributed by atoms with van der Waals surface area (Å²) in [6.45, 7) is 5.06. The number of ether oxygens (including phenoxy) is 3. The molecule has 0 spiro atoms. The first-order chi connectivity index (χ1) is 20.4. The largest absolute Gasteiger partial charge is 0.493 e. The van der Waals surface area contributed by atoms with Gasteiger partial charge in [-0.3, -0.25) is 9.59 Å². The number of para-hydroxylation sites is 1. The van der Waals surface area contributed by atoms with Crippen LogP contribution in [0.15, 0.2) is 54.6 Å². The third-order valence-corrected chi connectivity index (χ3v) is 7.80. The molecular weight excluding hydrogens is 576 g/mol. The summed E-state index contributed by atoms with van der Waals surface area (Å²) >= 11 is 6.47. The molecule has 43 heavy (non-hydrogen) atoms. The van der Waals surface area contributed by atoms with E-state index >= 15 is 0 Å². The highest BCUT2D eigenvalue weighted by Gasteiger charge is 2.44. The Morgan fingerprint density at radius 3 is 2.44 bits per heavy atom. The number of benzene rings is 3. The molecule has 0 unspecified atom stereocenters. The highest BCUT2D eigenvalue weighted by molar-refractivity contribution is 6.30. The first kappa shape index (κ1) is 31.8. The van der Waals surface area contributed by atoms with Crippen LogP contribution < -0.4 is 19.7 Å². The maximum Gasteiger partial charge on any atom is 0.336 e. The number of anilines is 2. The van der Waals surface area contributed by atoms with E-state index < -0.39 is 35.5 Å². The smallest absolute Gasteiger partial charge is 0.336 e. The predicted octanol–water partition coefficient (Wildman–Crippen LogP) is 5.37. The van der Waals surface area contributed by atoms with Gasteiger partial charge in [0, 0.05) is 34.0 Å². The molecule has 0 bridgehead atoms. The van der Waals surface area contributed by atoms with Crippen LogP contribution in [0.4, 0.5) is 11.4 Å². The van der Waals surface area contributed by atoms with E-state index in [1.807, 2.05) is 13.8 Å². The van der Waals surface area contributed by atoms with Gasteiger partial charge in [0.25, 0.3) is 5.91 Å². The van der Waals surface area contributed by atoms with Crippen molar-refractivity contribution in [1.29, 1.82) is 0 Å². The van der Waals surface area contributed by atoms with Crippen molar-refractivity contribution in [3.05, 3.63) is 81.9 Å². The predicted molar refractivity (Wildman–Crippen MR) is 162 cm³/mol. The van der Waals surface area contributed by atoms with Gasteiger partial charge in [-0.2, -0.15) is 0 Å². The number of carbonyl (C=O) groups excluding carboxylic acids is 2. The third-order valence-electron chi connectivity index (χ3n) is 7.56. The summed E-state index contributed by atoms with van der Waals surface area (Å²) < 4.78 is 17.8. The van der Waals surface area contributed by atoms with Crippen molar-refractivity contribution < 1.29 is 38.8 Å². The third kappa shape index (κ3) is 6.46. The number of hydrogen-bond donors (Lipinski definition) is 3. The molecule has 2 atom stereocenters. The summed E-state index contributed by atoms with van der Waals surface area (Å²) in [5.41, 5.74) is 1.48. The SMILES string of the molecule is COc1cccc([C@H]2O[C@H](CC(=O)Nc3cccc(C(=O)O)c3C)C(=O)N(C(C)(C)CCO)c3ccc(Cl)cc32)c1OC. The highest BCUT2D eigenvalue weighted by atomic mass is 35.5. The number of carboxylic acid groups (broad SMARTS) is 1. The van der Waals surface area contributed by atoms with Gasteiger partial charge in [-0.05, 0) is 69.2 Å². The molecule has 1 aliphatic heterocycles. The molecule has 1 aliphatic rings. The molecule has 228 valence electrons. The van der Waals surface area contributed by atoms with Gasteiger partial charge in [-0.1, -0.05) is 29.8 Å². The van der Waals surface area contributed by atoms with E-state index in [-0.39, 0.29) is 25.0 Å². The Labute approximate surface area is 255 Å². The van der Waals surface area contributed by atoms with E-state index in [2.05, 4.69) is 5.32 Å². The van der Waals surface area contributed by atoms with Gasteiger partial charge in [-0.25, -0.2) is 4.79 Å². The molecule has 3 N–H and O–H groups in total. The average Bonchev–Trinajstić information content (AvgIpc) is 3.07. The fourth-order valence-electron chi connectivity index (χ4n) is 5.37. The van der Waals surface area contributed by atoms with Crippen molar-refractivity contribution in [3.63, 3.8) is 0 Å². The van der Waals surface area contributed by atoms with Crippen LogP contribution in [0, 0.1) is 6.92 Å². The zero-order valence-corrected chi connectivity index (χ0v) is 25.4. The summed E-state index contributed by atoms with van der Waals surface area (Å²) in [5, 5.41) is 22.5. The summed E-state index contributed by atoms with van der Waals surface area (Å²) in [5.74, 6) is -1.32. The van der Waals surface area contributed by atoms with E-state index in [0.29, 0.717) is 44.6 Å². The van der Waals surface area contributed by atoms with Crippen LogP contribution in [-0.4, -0.2) is 60.5 Å². The van der Waals surface area contributed by atoms with Crippen molar-refractivity contribution in [2.24, 2.45) is 0 Å². The molecule has 0 saturated carbocycles. The van der Waals surface area contributed by atoms with Crippen LogP contribution in [0.2, 0.25) is 5.02 Å². The van der Waals surface area contributed by atoms with Gasteiger partial charge in [0.1, 0.15) is 12.2 Å². The van der Waals surface area contributed by atoms with E-state index in [1.54, 1.807) is 54.3 Å². The number of carbonyl (C=O) groups is 3. The Morgan fingerprint density at radius 2 is 1.79 bits per heavy atom. The maximum absolute atomic E-state index is 14.3. The first-order valence-corrected chi connectivity index (χ1v) is 14.0. The topological polar surface area (TPSA) is 135 Å². The fourth-order valence-corrected chi connectivity index (χ4v) is 5.55. The summed E-state index contributed by atoms with van der Waals surface area (Å²) in [7, 11) is 3.01. The molecule has 4 rings (SSSR count). The van der Waals surface area contributed by atoms with Crippen LogP contribution in [0.5, 0.6) is 11.5 Å². The number of rotatable bonds is 10. The molecule has 2 amide bonds. The average molecular weight is 611 g/mol. The monoisotopic (exact) mass is 610 g/mol. The number of aromatic carboxylic acids is 1. The van der Waals surface area contributed by atoms with Crippen LogP contribution in [0.3, 0.4) is 0 Å². The van der Waals surface area contributed by atoms with Crippen LogP contribution >= 0.6 is 11.6 Å². The highest BCUT2D eigenvalue weighted by Crippen LogP contribution is 2.46. The fraction of sp³-hybridized carbons (Fsp3) is 0.344. The zero-order chi connectivity index (χ0) is 31.5. The number of aliphatic hydroxyl groups is 1. The van der Waals surface area contributed by atoms with Crippen molar-refractivity contribution in [2.45, 2.75) is 51.4 Å². The minimum absolute atomic E-state index is 0.0500. The van der Waals surface area contributed by atoms with Crippen LogP contribution in [0.25, 0.3) is 0 Å². The molecule has 0 aromatic heterocycles. The minimum Gasteiger partial charge on any atom is -0.493 e. The Bertz CT molecular complexity index is 1540. The van der Waals surface area contributed by atoms with Crippen LogP contribution in [-0.2, 0) is 14.3 Å². The van der Waals surface area contributed by atoms with Gasteiger partial charge < -0.3 is 34.6 Å². The quantitative estimate of drug-likeness (QED) is 0.279. The van der Waals surface area contributed by atoms with E-state index in [4.69, 9.17) is 25.8 Å². The lowest BCUT2D eigenvalue weighted by molar-refractivity contribution is -0.137. The molecule has 3 aromatic carbocycles. The molecule has 11 heteroatoms. The second-order valence-electron chi connectivity index (χ2n) is 10.8. The number of methoxy groups -OCH3 is 2. The first-order valence-electron chi connectivity index (χ1n) is 13.7. The second kappa shape index (κ2) is 13.0. The normalized spacial score (nSPS) is 16.7. The van der Waals surface area contributed by atoms with E-state index in [1.165, 1.54) is 26.4 Å². The molecule has 10 nitrogen and oxygen atoms in total. The number of nitrogens with zero attached hydrogens (tertiary/aromatic N) is 1. The lowest BCUT2D eigenvalue weighted by Gasteiger charge is -2.39. The van der Waals surface area contributed by atoms with Crippen LogP contribution in [0.1, 0.15) is 59.8 Å². The lowest BCUT2D eigenvalue weighted by Crippen LogP contribution is -2.52. The van der Waals surface area contributed by atoms with Crippen molar-refractivity contribution in [1.82, 2.24) is 0 Å². The molecule has 0 saturated heterocycles. The number of nitrogens with one attached hydrogen (secondary N) is 1. The summed E-state index contributed by atoms with van der Waals surface area (Å²) in [6.07, 6.45) is -2.33. The van der Waals surface area contributed by atoms with E-state index in [0.717, 1.165) is 0 Å². The number of halogens is 1. The Morgan fingerprint density at radius 1 is 1.07 bits per heavy atom. The molecular formula is C32H35ClN2O8. The Hall–Kier alpha value is -4.12. The van der Waals surface area contributed by atoms with Gasteiger partial charge in [0.05, 0.1) is 31.9 Å². The van der Waals surface area contributed by atoms with Crippen molar-refractivity contribution >= 4 is 40.8 Å². The lowest BCUT2D eigenvalue weighted by atomic mass is 9.93. The molecule has 0 aliphatic carbocycles. The second-order valence-corrected chi connectivity index (χ2v) is 11.2. The molecule has 3 aromatic rings. The summed E-state index contributed by atoms with van der Waals surface area (Å²) in [4.78, 5) is 40.9. The Balaban J connectivity index is 1.84. The number of aliphatic hydroxyl groups excluding tert-OH is 1. The van der Waals surface area contributed by atoms with Crippen molar-refractivity contribution in [2.75, 3.05) is 31.0 Å². The number of hydrogen-bond acceptors (Lipinski definition) is 7. The van der Waals surface area contributed by atoms with Gasteiger partial charge in [0.15, 0.2) is 11.5 Å². The molecule has 0 radical (unpaired) electrons. The molecule has 0 fully saturated rings. The molecule has 1 heterocycles.